The average molecular weight is 289 g/mol. The van der Waals surface area contributed by atoms with E-state index in [0.29, 0.717) is 12.2 Å². The molecule has 0 saturated carbocycles. The second-order valence-corrected chi connectivity index (χ2v) is 5.32. The lowest BCUT2D eigenvalue weighted by molar-refractivity contribution is 0.0950. The number of carbonyl (C=O) groups excluding carboxylic acids is 1. The number of aromatic nitrogens is 1. The number of rotatable bonds is 6. The summed E-state index contributed by atoms with van der Waals surface area (Å²) in [5.41, 5.74) is 2.75. The molecule has 5 heteroatoms. The Kier molecular flexibility index (Phi) is 5.26. The number of amides is 1. The smallest absolute Gasteiger partial charge is 0.270 e. The maximum absolute atomic E-state index is 11.9. The highest BCUT2D eigenvalue weighted by molar-refractivity contribution is 7.13. The van der Waals surface area contributed by atoms with E-state index < -0.39 is 0 Å². The number of benzene rings is 1. The van der Waals surface area contributed by atoms with Crippen molar-refractivity contribution in [1.29, 1.82) is 0 Å². The minimum Gasteiger partial charge on any atom is -0.349 e. The standard InChI is InChI=1S/C15H19N3OS/c1-3-16-8-9-17-14(19)13-10-20-15(18-13)12-7-5-4-6-11(12)2/h4-7,10,16H,3,8-9H2,1-2H3,(H,17,19). The molecular formula is C15H19N3OS. The van der Waals surface area contributed by atoms with Crippen molar-refractivity contribution in [2.45, 2.75) is 13.8 Å². The van der Waals surface area contributed by atoms with Crippen LogP contribution >= 0.6 is 11.3 Å². The van der Waals surface area contributed by atoms with Crippen molar-refractivity contribution < 1.29 is 4.79 Å². The largest absolute Gasteiger partial charge is 0.349 e. The molecule has 1 aromatic heterocycles. The minimum absolute atomic E-state index is 0.112. The molecule has 0 aliphatic rings. The van der Waals surface area contributed by atoms with E-state index in [1.807, 2.05) is 43.5 Å². The third-order valence-corrected chi connectivity index (χ3v) is 3.83. The Morgan fingerprint density at radius 3 is 2.85 bits per heavy atom. The fourth-order valence-corrected chi connectivity index (χ4v) is 2.74. The van der Waals surface area contributed by atoms with E-state index in [2.05, 4.69) is 15.6 Å². The molecule has 0 bridgehead atoms. The maximum Gasteiger partial charge on any atom is 0.270 e. The van der Waals surface area contributed by atoms with Gasteiger partial charge in [0.25, 0.3) is 5.91 Å². The normalized spacial score (nSPS) is 10.5. The number of likely N-dealkylation sites (N-methyl/N-ethyl adjacent to an activating group) is 1. The highest BCUT2D eigenvalue weighted by Gasteiger charge is 2.12. The molecule has 0 fully saturated rings. The van der Waals surface area contributed by atoms with Gasteiger partial charge in [0, 0.05) is 24.0 Å². The van der Waals surface area contributed by atoms with Crippen LogP contribution in [0.3, 0.4) is 0 Å². The summed E-state index contributed by atoms with van der Waals surface area (Å²) >= 11 is 1.50. The quantitative estimate of drug-likeness (QED) is 0.803. The number of thiazole rings is 1. The van der Waals surface area contributed by atoms with Gasteiger partial charge in [-0.2, -0.15) is 0 Å². The zero-order valence-corrected chi connectivity index (χ0v) is 12.6. The van der Waals surface area contributed by atoms with Crippen LogP contribution in [0.4, 0.5) is 0 Å². The first-order valence-corrected chi connectivity index (χ1v) is 7.60. The summed E-state index contributed by atoms with van der Waals surface area (Å²) in [5.74, 6) is -0.112. The minimum atomic E-state index is -0.112. The Morgan fingerprint density at radius 2 is 2.10 bits per heavy atom. The second kappa shape index (κ2) is 7.17. The molecule has 1 aromatic carbocycles. The van der Waals surface area contributed by atoms with E-state index in [0.717, 1.165) is 23.7 Å². The van der Waals surface area contributed by atoms with E-state index in [-0.39, 0.29) is 5.91 Å². The Balaban J connectivity index is 2.02. The monoisotopic (exact) mass is 289 g/mol. The van der Waals surface area contributed by atoms with Crippen LogP contribution in [0.25, 0.3) is 10.6 Å². The number of hydrogen-bond donors (Lipinski definition) is 2. The molecule has 2 N–H and O–H groups in total. The lowest BCUT2D eigenvalue weighted by Crippen LogP contribution is -2.31. The fraction of sp³-hybridized carbons (Fsp3) is 0.333. The molecule has 4 nitrogen and oxygen atoms in total. The number of nitrogens with zero attached hydrogens (tertiary/aromatic N) is 1. The van der Waals surface area contributed by atoms with Crippen LogP contribution in [-0.2, 0) is 0 Å². The topological polar surface area (TPSA) is 54.0 Å². The van der Waals surface area contributed by atoms with Gasteiger partial charge < -0.3 is 10.6 Å². The summed E-state index contributed by atoms with van der Waals surface area (Å²) in [4.78, 5) is 16.4. The van der Waals surface area contributed by atoms with Crippen molar-refractivity contribution in [2.24, 2.45) is 0 Å². The van der Waals surface area contributed by atoms with Gasteiger partial charge in [-0.25, -0.2) is 4.98 Å². The highest BCUT2D eigenvalue weighted by Crippen LogP contribution is 2.26. The predicted molar refractivity (Wildman–Crippen MR) is 83.2 cm³/mol. The van der Waals surface area contributed by atoms with Gasteiger partial charge >= 0.3 is 0 Å². The zero-order valence-electron chi connectivity index (χ0n) is 11.8. The van der Waals surface area contributed by atoms with Crippen molar-refractivity contribution in [3.8, 4) is 10.6 Å². The van der Waals surface area contributed by atoms with Crippen LogP contribution in [0.15, 0.2) is 29.6 Å². The van der Waals surface area contributed by atoms with Crippen LogP contribution < -0.4 is 10.6 Å². The third kappa shape index (κ3) is 3.65. The predicted octanol–water partition coefficient (Wildman–Crippen LogP) is 2.46. The van der Waals surface area contributed by atoms with E-state index in [9.17, 15) is 4.79 Å². The number of carbonyl (C=O) groups is 1. The first-order chi connectivity index (χ1) is 9.72. The Morgan fingerprint density at radius 1 is 1.30 bits per heavy atom. The van der Waals surface area contributed by atoms with E-state index in [1.54, 1.807) is 0 Å². The molecule has 0 radical (unpaired) electrons. The number of nitrogens with one attached hydrogen (secondary N) is 2. The van der Waals surface area contributed by atoms with Crippen molar-refractivity contribution >= 4 is 17.2 Å². The molecular weight excluding hydrogens is 270 g/mol. The number of hydrogen-bond acceptors (Lipinski definition) is 4. The maximum atomic E-state index is 11.9. The van der Waals surface area contributed by atoms with Gasteiger partial charge in [-0.1, -0.05) is 31.2 Å². The molecule has 2 rings (SSSR count). The number of aryl methyl sites for hydroxylation is 1. The summed E-state index contributed by atoms with van der Waals surface area (Å²) in [5, 5.41) is 8.72. The van der Waals surface area contributed by atoms with E-state index in [1.165, 1.54) is 16.9 Å². The summed E-state index contributed by atoms with van der Waals surface area (Å²) in [6, 6.07) is 8.06. The molecule has 1 amide bonds. The average Bonchev–Trinajstić information content (AvgIpc) is 2.93. The molecule has 106 valence electrons. The van der Waals surface area contributed by atoms with Gasteiger partial charge in [0.1, 0.15) is 10.7 Å². The molecule has 2 aromatic rings. The molecule has 0 unspecified atom stereocenters. The fourth-order valence-electron chi connectivity index (χ4n) is 1.85. The lowest BCUT2D eigenvalue weighted by Gasteiger charge is -2.03. The molecule has 0 aliphatic carbocycles. The summed E-state index contributed by atoms with van der Waals surface area (Å²) in [7, 11) is 0. The van der Waals surface area contributed by atoms with Crippen LogP contribution in [-0.4, -0.2) is 30.5 Å². The zero-order chi connectivity index (χ0) is 14.4. The Bertz CT molecular complexity index is 580. The van der Waals surface area contributed by atoms with Gasteiger partial charge in [0.05, 0.1) is 0 Å². The van der Waals surface area contributed by atoms with E-state index >= 15 is 0 Å². The molecule has 1 heterocycles. The van der Waals surface area contributed by atoms with E-state index in [4.69, 9.17) is 0 Å². The van der Waals surface area contributed by atoms with Crippen LogP contribution in [0.1, 0.15) is 23.0 Å². The Hall–Kier alpha value is -1.72. The van der Waals surface area contributed by atoms with Gasteiger partial charge in [-0.05, 0) is 19.0 Å². The third-order valence-electron chi connectivity index (χ3n) is 2.95. The summed E-state index contributed by atoms with van der Waals surface area (Å²) in [6.07, 6.45) is 0. The second-order valence-electron chi connectivity index (χ2n) is 4.46. The van der Waals surface area contributed by atoms with Crippen molar-refractivity contribution in [2.75, 3.05) is 19.6 Å². The SMILES string of the molecule is CCNCCNC(=O)c1csc(-c2ccccc2C)n1. The van der Waals surface area contributed by atoms with Gasteiger partial charge in [0.15, 0.2) is 0 Å². The van der Waals surface area contributed by atoms with Crippen molar-refractivity contribution in [3.63, 3.8) is 0 Å². The van der Waals surface area contributed by atoms with Crippen LogP contribution in [0, 0.1) is 6.92 Å². The molecule has 20 heavy (non-hydrogen) atoms. The molecule has 0 saturated heterocycles. The highest BCUT2D eigenvalue weighted by atomic mass is 32.1. The molecule has 0 spiro atoms. The summed E-state index contributed by atoms with van der Waals surface area (Å²) in [6.45, 7) is 6.38. The lowest BCUT2D eigenvalue weighted by atomic mass is 10.1. The van der Waals surface area contributed by atoms with Crippen molar-refractivity contribution in [3.05, 3.63) is 40.9 Å². The first-order valence-electron chi connectivity index (χ1n) is 6.72. The first kappa shape index (κ1) is 14.7. The Labute approximate surface area is 123 Å². The van der Waals surface area contributed by atoms with Crippen LogP contribution in [0.2, 0.25) is 0 Å². The van der Waals surface area contributed by atoms with Crippen molar-refractivity contribution in [1.82, 2.24) is 15.6 Å². The van der Waals surface area contributed by atoms with Gasteiger partial charge in [-0.3, -0.25) is 4.79 Å². The van der Waals surface area contributed by atoms with Gasteiger partial charge in [0.2, 0.25) is 0 Å². The molecule has 0 atom stereocenters. The molecule has 0 aliphatic heterocycles. The van der Waals surface area contributed by atoms with Gasteiger partial charge in [-0.15, -0.1) is 11.3 Å². The summed E-state index contributed by atoms with van der Waals surface area (Å²) < 4.78 is 0. The van der Waals surface area contributed by atoms with Crippen LogP contribution in [0.5, 0.6) is 0 Å².